The standard InChI is InChI=1S/C10H18N2O3.ClH/c1-2-15-9(14)7-12-10(4-3-5-10)8(13)6-11;/h12H,2-7,11H2,1H3;1H. The second kappa shape index (κ2) is 6.83. The highest BCUT2D eigenvalue weighted by molar-refractivity contribution is 5.91. The molecular weight excluding hydrogens is 232 g/mol. The lowest BCUT2D eigenvalue weighted by atomic mass is 9.73. The molecule has 1 aliphatic rings. The van der Waals surface area contributed by atoms with E-state index in [9.17, 15) is 9.59 Å². The topological polar surface area (TPSA) is 81.4 Å². The van der Waals surface area contributed by atoms with Crippen molar-refractivity contribution in [2.75, 3.05) is 19.7 Å². The van der Waals surface area contributed by atoms with E-state index in [2.05, 4.69) is 5.32 Å². The zero-order valence-corrected chi connectivity index (χ0v) is 10.3. The van der Waals surface area contributed by atoms with Crippen molar-refractivity contribution in [3.05, 3.63) is 0 Å². The van der Waals surface area contributed by atoms with Gasteiger partial charge in [-0.1, -0.05) is 0 Å². The molecule has 94 valence electrons. The van der Waals surface area contributed by atoms with Crippen molar-refractivity contribution in [3.8, 4) is 0 Å². The number of hydrogen-bond acceptors (Lipinski definition) is 5. The molecule has 1 fully saturated rings. The number of rotatable bonds is 6. The molecule has 0 spiro atoms. The first-order valence-electron chi connectivity index (χ1n) is 5.28. The predicted octanol–water partition coefficient (Wildman–Crippen LogP) is 0.0114. The molecule has 0 saturated heterocycles. The van der Waals surface area contributed by atoms with Crippen LogP contribution in [0.15, 0.2) is 0 Å². The van der Waals surface area contributed by atoms with E-state index in [1.807, 2.05) is 0 Å². The minimum atomic E-state index is -0.554. The summed E-state index contributed by atoms with van der Waals surface area (Å²) < 4.78 is 4.78. The van der Waals surface area contributed by atoms with E-state index in [4.69, 9.17) is 10.5 Å². The smallest absolute Gasteiger partial charge is 0.319 e. The molecule has 0 aliphatic heterocycles. The molecule has 0 aromatic carbocycles. The Morgan fingerprint density at radius 2 is 2.06 bits per heavy atom. The molecule has 5 nitrogen and oxygen atoms in total. The van der Waals surface area contributed by atoms with Gasteiger partial charge in [0.1, 0.15) is 0 Å². The monoisotopic (exact) mass is 250 g/mol. The zero-order chi connectivity index (χ0) is 11.3. The van der Waals surface area contributed by atoms with E-state index < -0.39 is 5.54 Å². The fourth-order valence-electron chi connectivity index (χ4n) is 1.73. The Kier molecular flexibility index (Phi) is 6.55. The number of ketones is 1. The van der Waals surface area contributed by atoms with Crippen molar-refractivity contribution in [1.82, 2.24) is 5.32 Å². The second-order valence-corrected chi connectivity index (χ2v) is 3.72. The SMILES string of the molecule is CCOC(=O)CNC1(C(=O)CN)CCC1.Cl. The fraction of sp³-hybridized carbons (Fsp3) is 0.800. The number of nitrogens with two attached hydrogens (primary N) is 1. The predicted molar refractivity (Wildman–Crippen MR) is 62.5 cm³/mol. The molecule has 0 amide bonds. The highest BCUT2D eigenvalue weighted by Gasteiger charge is 2.42. The van der Waals surface area contributed by atoms with Crippen LogP contribution >= 0.6 is 12.4 Å². The lowest BCUT2D eigenvalue weighted by Crippen LogP contribution is -2.60. The number of hydrogen-bond donors (Lipinski definition) is 2. The summed E-state index contributed by atoms with van der Waals surface area (Å²) in [4.78, 5) is 22.7. The van der Waals surface area contributed by atoms with Gasteiger partial charge in [-0.25, -0.2) is 0 Å². The minimum absolute atomic E-state index is 0. The Hall–Kier alpha value is -0.650. The molecule has 16 heavy (non-hydrogen) atoms. The van der Waals surface area contributed by atoms with Crippen LogP contribution in [0.25, 0.3) is 0 Å². The third kappa shape index (κ3) is 3.43. The third-order valence-electron chi connectivity index (χ3n) is 2.80. The Labute approximate surface area is 101 Å². The molecular formula is C10H19ClN2O3. The number of Topliss-reactive ketones (excluding diaryl/α,β-unsaturated/α-hetero) is 1. The first-order chi connectivity index (χ1) is 7.14. The highest BCUT2D eigenvalue weighted by Crippen LogP contribution is 2.32. The van der Waals surface area contributed by atoms with E-state index in [-0.39, 0.29) is 37.2 Å². The maximum absolute atomic E-state index is 11.5. The van der Waals surface area contributed by atoms with Gasteiger partial charge in [0.2, 0.25) is 0 Å². The maximum Gasteiger partial charge on any atom is 0.319 e. The van der Waals surface area contributed by atoms with Crippen molar-refractivity contribution in [2.45, 2.75) is 31.7 Å². The van der Waals surface area contributed by atoms with Crippen LogP contribution in [-0.2, 0) is 14.3 Å². The highest BCUT2D eigenvalue weighted by atomic mass is 35.5. The Bertz CT molecular complexity index is 254. The first-order valence-corrected chi connectivity index (χ1v) is 5.28. The summed E-state index contributed by atoms with van der Waals surface area (Å²) in [5, 5.41) is 2.96. The van der Waals surface area contributed by atoms with Crippen LogP contribution in [0.4, 0.5) is 0 Å². The molecule has 0 atom stereocenters. The molecule has 0 aromatic rings. The molecule has 1 aliphatic carbocycles. The molecule has 0 unspecified atom stereocenters. The van der Waals surface area contributed by atoms with Gasteiger partial charge in [-0.2, -0.15) is 0 Å². The number of carbonyl (C=O) groups is 2. The summed E-state index contributed by atoms with van der Waals surface area (Å²) in [5.41, 5.74) is 4.77. The van der Waals surface area contributed by atoms with Gasteiger partial charge in [-0.15, -0.1) is 12.4 Å². The van der Waals surface area contributed by atoms with Crippen molar-refractivity contribution in [3.63, 3.8) is 0 Å². The molecule has 0 heterocycles. The van der Waals surface area contributed by atoms with Crippen molar-refractivity contribution < 1.29 is 14.3 Å². The Morgan fingerprint density at radius 1 is 1.44 bits per heavy atom. The lowest BCUT2D eigenvalue weighted by molar-refractivity contribution is -0.143. The van der Waals surface area contributed by atoms with Crippen LogP contribution in [0.5, 0.6) is 0 Å². The average molecular weight is 251 g/mol. The molecule has 1 rings (SSSR count). The largest absolute Gasteiger partial charge is 0.465 e. The maximum atomic E-state index is 11.5. The summed E-state index contributed by atoms with van der Waals surface area (Å²) >= 11 is 0. The van der Waals surface area contributed by atoms with Gasteiger partial charge in [0.25, 0.3) is 0 Å². The van der Waals surface area contributed by atoms with E-state index in [0.717, 1.165) is 19.3 Å². The number of esters is 1. The van der Waals surface area contributed by atoms with Crippen LogP contribution < -0.4 is 11.1 Å². The quantitative estimate of drug-likeness (QED) is 0.649. The summed E-state index contributed by atoms with van der Waals surface area (Å²) in [6.45, 7) is 2.22. The van der Waals surface area contributed by atoms with Crippen LogP contribution in [0.1, 0.15) is 26.2 Å². The molecule has 0 aromatic heterocycles. The van der Waals surface area contributed by atoms with Crippen LogP contribution in [0, 0.1) is 0 Å². The van der Waals surface area contributed by atoms with E-state index in [1.54, 1.807) is 6.92 Å². The first kappa shape index (κ1) is 15.3. The van der Waals surface area contributed by atoms with Crippen LogP contribution in [-0.4, -0.2) is 37.0 Å². The van der Waals surface area contributed by atoms with Crippen LogP contribution in [0.2, 0.25) is 0 Å². The van der Waals surface area contributed by atoms with Gasteiger partial charge in [-0.3, -0.25) is 14.9 Å². The normalized spacial score (nSPS) is 16.9. The van der Waals surface area contributed by atoms with Crippen molar-refractivity contribution in [1.29, 1.82) is 0 Å². The number of halogens is 1. The van der Waals surface area contributed by atoms with Gasteiger partial charge in [0, 0.05) is 0 Å². The Morgan fingerprint density at radius 3 is 2.44 bits per heavy atom. The van der Waals surface area contributed by atoms with Gasteiger partial charge >= 0.3 is 5.97 Å². The van der Waals surface area contributed by atoms with Gasteiger partial charge in [-0.05, 0) is 26.2 Å². The van der Waals surface area contributed by atoms with Gasteiger partial charge in [0.05, 0.1) is 25.2 Å². The van der Waals surface area contributed by atoms with Gasteiger partial charge in [0.15, 0.2) is 5.78 Å². The van der Waals surface area contributed by atoms with Crippen molar-refractivity contribution in [2.24, 2.45) is 5.73 Å². The molecule has 0 bridgehead atoms. The number of carbonyl (C=O) groups excluding carboxylic acids is 2. The van der Waals surface area contributed by atoms with E-state index in [1.165, 1.54) is 0 Å². The molecule has 0 radical (unpaired) electrons. The number of ether oxygens (including phenoxy) is 1. The number of nitrogens with one attached hydrogen (secondary N) is 1. The lowest BCUT2D eigenvalue weighted by Gasteiger charge is -2.40. The summed E-state index contributed by atoms with van der Waals surface area (Å²) in [6, 6.07) is 0. The van der Waals surface area contributed by atoms with E-state index in [0.29, 0.717) is 6.61 Å². The summed E-state index contributed by atoms with van der Waals surface area (Å²) in [7, 11) is 0. The van der Waals surface area contributed by atoms with Gasteiger partial charge < -0.3 is 10.5 Å². The molecule has 1 saturated carbocycles. The zero-order valence-electron chi connectivity index (χ0n) is 9.45. The summed E-state index contributed by atoms with van der Waals surface area (Å²) in [5.74, 6) is -0.341. The van der Waals surface area contributed by atoms with Crippen LogP contribution in [0.3, 0.4) is 0 Å². The molecule has 6 heteroatoms. The second-order valence-electron chi connectivity index (χ2n) is 3.72. The Balaban J connectivity index is 0.00000225. The minimum Gasteiger partial charge on any atom is -0.465 e. The summed E-state index contributed by atoms with van der Waals surface area (Å²) in [6.07, 6.45) is 2.53. The average Bonchev–Trinajstić information content (AvgIpc) is 2.16. The van der Waals surface area contributed by atoms with E-state index >= 15 is 0 Å². The molecule has 3 N–H and O–H groups in total. The third-order valence-corrected chi connectivity index (χ3v) is 2.80. The van der Waals surface area contributed by atoms with Crippen molar-refractivity contribution >= 4 is 24.2 Å². The fourth-order valence-corrected chi connectivity index (χ4v) is 1.73.